The van der Waals surface area contributed by atoms with Crippen molar-refractivity contribution in [1.82, 2.24) is 4.98 Å². The van der Waals surface area contributed by atoms with Crippen LogP contribution in [-0.4, -0.2) is 17.0 Å². The van der Waals surface area contributed by atoms with Gasteiger partial charge in [-0.1, -0.05) is 49.4 Å². The quantitative estimate of drug-likeness (QED) is 0.879. The van der Waals surface area contributed by atoms with Gasteiger partial charge in [-0.05, 0) is 17.0 Å². The van der Waals surface area contributed by atoms with E-state index >= 15 is 0 Å². The number of aldehydes is 1. The van der Waals surface area contributed by atoms with Crippen molar-refractivity contribution in [3.8, 4) is 0 Å². The molecule has 3 rings (SSSR count). The summed E-state index contributed by atoms with van der Waals surface area (Å²) in [6, 6.07) is 8.44. The molecule has 0 radical (unpaired) electrons. The van der Waals surface area contributed by atoms with E-state index in [0.29, 0.717) is 5.92 Å². The van der Waals surface area contributed by atoms with Gasteiger partial charge in [0.25, 0.3) is 0 Å². The number of nitrogens with one attached hydrogen (secondary N) is 1. The first-order valence-corrected chi connectivity index (χ1v) is 8.81. The fraction of sp³-hybridized carbons (Fsp3) is 0.375. The highest BCUT2D eigenvalue weighted by atomic mass is 32.2. The van der Waals surface area contributed by atoms with Crippen molar-refractivity contribution in [2.75, 3.05) is 5.75 Å². The number of aromatic nitrogens is 1. The van der Waals surface area contributed by atoms with E-state index in [4.69, 9.17) is 0 Å². The Morgan fingerprint density at radius 3 is 2.62 bits per heavy atom. The zero-order valence-electron chi connectivity index (χ0n) is 12.0. The number of carbonyl (C=O) groups excluding carboxylic acids is 1. The maximum Gasteiger partial charge on any atom is 0.305 e. The Labute approximate surface area is 131 Å². The van der Waals surface area contributed by atoms with Gasteiger partial charge in [-0.2, -0.15) is 0 Å². The molecule has 5 heteroatoms. The fourth-order valence-corrected chi connectivity index (χ4v) is 5.08. The molecule has 2 atom stereocenters. The van der Waals surface area contributed by atoms with Crippen LogP contribution in [0.15, 0.2) is 34.1 Å². The van der Waals surface area contributed by atoms with E-state index in [2.05, 4.69) is 43.1 Å². The van der Waals surface area contributed by atoms with Gasteiger partial charge in [0.1, 0.15) is 6.29 Å². The predicted molar refractivity (Wildman–Crippen MR) is 87.6 cm³/mol. The molecular formula is C16H17NO2S2. The van der Waals surface area contributed by atoms with E-state index in [9.17, 15) is 9.59 Å². The first-order valence-electron chi connectivity index (χ1n) is 7.01. The van der Waals surface area contributed by atoms with E-state index in [0.717, 1.165) is 27.5 Å². The topological polar surface area (TPSA) is 49.9 Å². The van der Waals surface area contributed by atoms with Gasteiger partial charge >= 0.3 is 4.87 Å². The third-order valence-electron chi connectivity index (χ3n) is 3.91. The molecule has 2 aromatic rings. The minimum Gasteiger partial charge on any atom is -0.307 e. The minimum atomic E-state index is -0.0705. The van der Waals surface area contributed by atoms with Crippen LogP contribution in [0.25, 0.3) is 0 Å². The summed E-state index contributed by atoms with van der Waals surface area (Å²) in [5, 5.41) is 0.932. The molecule has 2 heterocycles. The number of hydrogen-bond acceptors (Lipinski definition) is 4. The summed E-state index contributed by atoms with van der Waals surface area (Å²) >= 11 is 2.80. The Balaban J connectivity index is 2.05. The second-order valence-electron chi connectivity index (χ2n) is 5.62. The van der Waals surface area contributed by atoms with Gasteiger partial charge in [0.2, 0.25) is 0 Å². The number of fused-ring (bicyclic) bond motifs is 1. The molecule has 1 aliphatic rings. The number of hydrogen-bond donors (Lipinski definition) is 1. The number of rotatable bonds is 3. The first kappa shape index (κ1) is 14.6. The average molecular weight is 319 g/mol. The fourth-order valence-electron chi connectivity index (χ4n) is 2.71. The van der Waals surface area contributed by atoms with Crippen molar-refractivity contribution in [1.29, 1.82) is 0 Å². The van der Waals surface area contributed by atoms with Gasteiger partial charge in [-0.15, -0.1) is 11.8 Å². The number of thiazole rings is 1. The highest BCUT2D eigenvalue weighted by Crippen LogP contribution is 2.44. The Morgan fingerprint density at radius 1 is 1.29 bits per heavy atom. The molecule has 0 spiro atoms. The summed E-state index contributed by atoms with van der Waals surface area (Å²) in [7, 11) is 0. The summed E-state index contributed by atoms with van der Waals surface area (Å²) < 4.78 is 0. The minimum absolute atomic E-state index is 0.00362. The standard InChI is InChI=1S/C16H17NO2S2/c1-9(2)10-3-5-11(6-4-10)13-12(7-18)8-20-15-14(13)21-16(19)17-15/h3-7,9,12-13H,8H2,1-2H3,(H,17,19)/t12-,13-/m1/s1. The molecule has 1 N–H and O–H groups in total. The van der Waals surface area contributed by atoms with Crippen molar-refractivity contribution >= 4 is 29.4 Å². The molecular weight excluding hydrogens is 302 g/mol. The Bertz CT molecular complexity index is 700. The summed E-state index contributed by atoms with van der Waals surface area (Å²) in [6.45, 7) is 4.33. The molecule has 0 fully saturated rings. The largest absolute Gasteiger partial charge is 0.307 e. The van der Waals surface area contributed by atoms with Crippen LogP contribution in [0.3, 0.4) is 0 Å². The normalized spacial score (nSPS) is 21.3. The summed E-state index contributed by atoms with van der Waals surface area (Å²) in [4.78, 5) is 26.9. The average Bonchev–Trinajstić information content (AvgIpc) is 2.86. The van der Waals surface area contributed by atoms with Crippen LogP contribution in [0.4, 0.5) is 0 Å². The predicted octanol–water partition coefficient (Wildman–Crippen LogP) is 3.61. The number of benzene rings is 1. The maximum atomic E-state index is 11.6. The van der Waals surface area contributed by atoms with E-state index < -0.39 is 0 Å². The first-order chi connectivity index (χ1) is 10.1. The van der Waals surface area contributed by atoms with E-state index in [1.807, 2.05) is 0 Å². The molecule has 0 saturated heterocycles. The molecule has 0 aliphatic carbocycles. The van der Waals surface area contributed by atoms with Crippen LogP contribution >= 0.6 is 23.1 Å². The van der Waals surface area contributed by atoms with Crippen molar-refractivity contribution in [3.63, 3.8) is 0 Å². The molecule has 1 aromatic carbocycles. The summed E-state index contributed by atoms with van der Waals surface area (Å²) in [5.41, 5.74) is 2.40. The summed E-state index contributed by atoms with van der Waals surface area (Å²) in [5.74, 6) is 1.14. The number of carbonyl (C=O) groups is 1. The van der Waals surface area contributed by atoms with Crippen LogP contribution in [0.1, 0.15) is 41.7 Å². The maximum absolute atomic E-state index is 11.6. The third kappa shape index (κ3) is 2.72. The van der Waals surface area contributed by atoms with Crippen molar-refractivity contribution in [2.24, 2.45) is 5.92 Å². The molecule has 3 nitrogen and oxygen atoms in total. The Morgan fingerprint density at radius 2 is 2.00 bits per heavy atom. The van der Waals surface area contributed by atoms with E-state index in [1.54, 1.807) is 11.8 Å². The molecule has 1 aromatic heterocycles. The number of H-pyrrole nitrogens is 1. The van der Waals surface area contributed by atoms with Crippen molar-refractivity contribution in [3.05, 3.63) is 49.9 Å². The highest BCUT2D eigenvalue weighted by Gasteiger charge is 2.33. The molecule has 0 saturated carbocycles. The zero-order valence-corrected chi connectivity index (χ0v) is 13.6. The number of aromatic amines is 1. The van der Waals surface area contributed by atoms with Gasteiger partial charge in [0.15, 0.2) is 0 Å². The van der Waals surface area contributed by atoms with Gasteiger partial charge < -0.3 is 9.78 Å². The molecule has 0 bridgehead atoms. The number of thioether (sulfide) groups is 1. The van der Waals surface area contributed by atoms with Crippen LogP contribution in [-0.2, 0) is 4.79 Å². The monoisotopic (exact) mass is 319 g/mol. The van der Waals surface area contributed by atoms with Crippen LogP contribution < -0.4 is 4.87 Å². The Hall–Kier alpha value is -1.33. The zero-order chi connectivity index (χ0) is 15.0. The second-order valence-corrected chi connectivity index (χ2v) is 7.66. The second kappa shape index (κ2) is 5.81. The van der Waals surface area contributed by atoms with Gasteiger partial charge in [0, 0.05) is 22.5 Å². The van der Waals surface area contributed by atoms with Gasteiger partial charge in [-0.3, -0.25) is 4.79 Å². The Kier molecular flexibility index (Phi) is 4.04. The lowest BCUT2D eigenvalue weighted by molar-refractivity contribution is -0.110. The summed E-state index contributed by atoms with van der Waals surface area (Å²) in [6.07, 6.45) is 1.03. The lowest BCUT2D eigenvalue weighted by Gasteiger charge is -2.27. The smallest absolute Gasteiger partial charge is 0.305 e. The van der Waals surface area contributed by atoms with Crippen LogP contribution in [0.5, 0.6) is 0 Å². The lowest BCUT2D eigenvalue weighted by atomic mass is 9.85. The van der Waals surface area contributed by atoms with Crippen molar-refractivity contribution < 1.29 is 4.79 Å². The molecule has 0 unspecified atom stereocenters. The molecule has 0 amide bonds. The highest BCUT2D eigenvalue weighted by molar-refractivity contribution is 7.99. The van der Waals surface area contributed by atoms with Gasteiger partial charge in [0.05, 0.1) is 5.03 Å². The van der Waals surface area contributed by atoms with Crippen LogP contribution in [0, 0.1) is 5.92 Å². The molecule has 21 heavy (non-hydrogen) atoms. The van der Waals surface area contributed by atoms with Crippen molar-refractivity contribution in [2.45, 2.75) is 30.7 Å². The SMILES string of the molecule is CC(C)c1ccc([C@H]2c3sc(=O)[nH]c3SC[C@H]2C=O)cc1. The lowest BCUT2D eigenvalue weighted by Crippen LogP contribution is -2.21. The van der Waals surface area contributed by atoms with E-state index in [-0.39, 0.29) is 16.7 Å². The van der Waals surface area contributed by atoms with E-state index in [1.165, 1.54) is 16.9 Å². The molecule has 110 valence electrons. The molecule has 1 aliphatic heterocycles. The van der Waals surface area contributed by atoms with Gasteiger partial charge in [-0.25, -0.2) is 0 Å². The third-order valence-corrected chi connectivity index (χ3v) is 6.17. The van der Waals surface area contributed by atoms with Crippen LogP contribution in [0.2, 0.25) is 0 Å².